The topological polar surface area (TPSA) is 21.3 Å². The molecule has 1 N–H and O–H groups in total. The maximum Gasteiger partial charge on any atom is 0.142 e. The number of anilines is 1. The number of ether oxygens (including phenoxy) is 1. The van der Waals surface area contributed by atoms with E-state index in [0.29, 0.717) is 12.1 Å². The lowest BCUT2D eigenvalue weighted by atomic mass is 10.1. The minimum Gasteiger partial charge on any atom is -0.495 e. The molecule has 0 saturated heterocycles. The second-order valence-electron chi connectivity index (χ2n) is 4.64. The predicted octanol–water partition coefficient (Wildman–Crippen LogP) is 4.06. The van der Waals surface area contributed by atoms with Crippen molar-refractivity contribution in [3.63, 3.8) is 0 Å². The molecule has 0 bridgehead atoms. The van der Waals surface area contributed by atoms with Crippen molar-refractivity contribution in [3.05, 3.63) is 58.9 Å². The molecule has 2 rings (SSSR count). The summed E-state index contributed by atoms with van der Waals surface area (Å²) in [6.45, 7) is 4.34. The molecule has 2 nitrogen and oxygen atoms in total. The molecule has 0 spiro atoms. The number of aryl methyl sites for hydroxylation is 2. The van der Waals surface area contributed by atoms with E-state index >= 15 is 0 Å². The van der Waals surface area contributed by atoms with Gasteiger partial charge in [-0.15, -0.1) is 0 Å². The van der Waals surface area contributed by atoms with Crippen LogP contribution in [-0.2, 0) is 6.54 Å². The van der Waals surface area contributed by atoms with Gasteiger partial charge in [0.05, 0.1) is 12.8 Å². The fraction of sp³-hybridized carbons (Fsp3) is 0.250. The van der Waals surface area contributed by atoms with Gasteiger partial charge in [-0.05, 0) is 48.7 Å². The van der Waals surface area contributed by atoms with E-state index in [0.717, 1.165) is 22.6 Å². The summed E-state index contributed by atoms with van der Waals surface area (Å²) in [6, 6.07) is 11.2. The van der Waals surface area contributed by atoms with Crippen molar-refractivity contribution in [3.8, 4) is 5.75 Å². The maximum absolute atomic E-state index is 13.5. The Morgan fingerprint density at radius 2 is 1.89 bits per heavy atom. The van der Waals surface area contributed by atoms with E-state index in [4.69, 9.17) is 4.74 Å². The average Bonchev–Trinajstić information content (AvgIpc) is 2.41. The van der Waals surface area contributed by atoms with E-state index in [1.54, 1.807) is 26.2 Å². The van der Waals surface area contributed by atoms with Crippen molar-refractivity contribution in [2.24, 2.45) is 0 Å². The number of rotatable bonds is 4. The molecule has 0 saturated carbocycles. The van der Waals surface area contributed by atoms with Gasteiger partial charge < -0.3 is 10.1 Å². The first kappa shape index (κ1) is 13.4. The van der Waals surface area contributed by atoms with Crippen LogP contribution in [-0.4, -0.2) is 7.11 Å². The molecular weight excluding hydrogens is 241 g/mol. The van der Waals surface area contributed by atoms with Crippen molar-refractivity contribution < 1.29 is 9.13 Å². The molecule has 0 heterocycles. The normalized spacial score (nSPS) is 10.3. The van der Waals surface area contributed by atoms with Crippen LogP contribution < -0.4 is 10.1 Å². The fourth-order valence-corrected chi connectivity index (χ4v) is 1.89. The van der Waals surface area contributed by atoms with E-state index < -0.39 is 0 Å². The van der Waals surface area contributed by atoms with Crippen LogP contribution in [0.2, 0.25) is 0 Å². The Morgan fingerprint density at radius 3 is 2.58 bits per heavy atom. The fourth-order valence-electron chi connectivity index (χ4n) is 1.89. The molecule has 0 aromatic heterocycles. The van der Waals surface area contributed by atoms with Gasteiger partial charge in [-0.2, -0.15) is 0 Å². The van der Waals surface area contributed by atoms with E-state index in [2.05, 4.69) is 5.32 Å². The molecule has 0 radical (unpaired) electrons. The molecule has 2 aromatic rings. The van der Waals surface area contributed by atoms with Crippen molar-refractivity contribution >= 4 is 5.69 Å². The third-order valence-electron chi connectivity index (χ3n) is 3.08. The van der Waals surface area contributed by atoms with E-state index in [1.807, 2.05) is 31.2 Å². The lowest BCUT2D eigenvalue weighted by molar-refractivity contribution is 0.416. The van der Waals surface area contributed by atoms with E-state index in [-0.39, 0.29) is 5.82 Å². The summed E-state index contributed by atoms with van der Waals surface area (Å²) in [5, 5.41) is 3.26. The summed E-state index contributed by atoms with van der Waals surface area (Å²) in [7, 11) is 1.64. The van der Waals surface area contributed by atoms with Crippen LogP contribution in [0.3, 0.4) is 0 Å². The van der Waals surface area contributed by atoms with Crippen LogP contribution in [0.25, 0.3) is 0 Å². The Kier molecular flexibility index (Phi) is 4.05. The van der Waals surface area contributed by atoms with Crippen LogP contribution in [0.1, 0.15) is 16.7 Å². The Balaban J connectivity index is 2.12. The summed E-state index contributed by atoms with van der Waals surface area (Å²) in [5.74, 6) is 0.628. The molecule has 0 aliphatic heterocycles. The molecule has 0 unspecified atom stereocenters. The van der Waals surface area contributed by atoms with Gasteiger partial charge >= 0.3 is 0 Å². The SMILES string of the molecule is COc1cc(C)ccc1NCc1ccc(C)c(F)c1. The van der Waals surface area contributed by atoms with Gasteiger partial charge in [-0.3, -0.25) is 0 Å². The first-order chi connectivity index (χ1) is 9.10. The first-order valence-electron chi connectivity index (χ1n) is 6.23. The highest BCUT2D eigenvalue weighted by Crippen LogP contribution is 2.25. The minimum atomic E-state index is -0.171. The van der Waals surface area contributed by atoms with Gasteiger partial charge in [-0.25, -0.2) is 4.39 Å². The zero-order valence-electron chi connectivity index (χ0n) is 11.5. The molecule has 0 fully saturated rings. The zero-order valence-corrected chi connectivity index (χ0v) is 11.5. The van der Waals surface area contributed by atoms with Gasteiger partial charge in [0.25, 0.3) is 0 Å². The van der Waals surface area contributed by atoms with Crippen molar-refractivity contribution in [2.75, 3.05) is 12.4 Å². The number of benzene rings is 2. The average molecular weight is 259 g/mol. The van der Waals surface area contributed by atoms with Crippen molar-refractivity contribution in [1.29, 1.82) is 0 Å². The van der Waals surface area contributed by atoms with Crippen LogP contribution in [0.5, 0.6) is 5.75 Å². The quantitative estimate of drug-likeness (QED) is 0.894. The molecule has 19 heavy (non-hydrogen) atoms. The summed E-state index contributed by atoms with van der Waals surface area (Å²) in [6.07, 6.45) is 0. The van der Waals surface area contributed by atoms with Crippen LogP contribution in [0.4, 0.5) is 10.1 Å². The largest absolute Gasteiger partial charge is 0.495 e. The van der Waals surface area contributed by atoms with Crippen molar-refractivity contribution in [1.82, 2.24) is 0 Å². The van der Waals surface area contributed by atoms with Gasteiger partial charge in [0.2, 0.25) is 0 Å². The summed E-state index contributed by atoms with van der Waals surface area (Å²) in [4.78, 5) is 0. The Bertz CT molecular complexity index is 581. The van der Waals surface area contributed by atoms with Crippen LogP contribution in [0, 0.1) is 19.7 Å². The lowest BCUT2D eigenvalue weighted by Crippen LogP contribution is -2.02. The molecule has 0 atom stereocenters. The monoisotopic (exact) mass is 259 g/mol. The zero-order chi connectivity index (χ0) is 13.8. The Morgan fingerprint density at radius 1 is 1.11 bits per heavy atom. The Labute approximate surface area is 113 Å². The van der Waals surface area contributed by atoms with Crippen molar-refractivity contribution in [2.45, 2.75) is 20.4 Å². The molecule has 100 valence electrons. The predicted molar refractivity (Wildman–Crippen MR) is 76.2 cm³/mol. The molecule has 0 aliphatic rings. The molecule has 0 aliphatic carbocycles. The maximum atomic E-state index is 13.5. The van der Waals surface area contributed by atoms with Gasteiger partial charge in [0.1, 0.15) is 11.6 Å². The Hall–Kier alpha value is -2.03. The highest BCUT2D eigenvalue weighted by Gasteiger charge is 2.04. The third kappa shape index (κ3) is 3.25. The summed E-state index contributed by atoms with van der Waals surface area (Å²) < 4.78 is 18.8. The smallest absolute Gasteiger partial charge is 0.142 e. The van der Waals surface area contributed by atoms with Crippen LogP contribution in [0.15, 0.2) is 36.4 Å². The number of methoxy groups -OCH3 is 1. The molecular formula is C16H18FNO. The number of hydrogen-bond donors (Lipinski definition) is 1. The third-order valence-corrected chi connectivity index (χ3v) is 3.08. The first-order valence-corrected chi connectivity index (χ1v) is 6.23. The van der Waals surface area contributed by atoms with Gasteiger partial charge in [-0.1, -0.05) is 18.2 Å². The standard InChI is InChI=1S/C16H18FNO/c1-11-4-7-15(16(8-11)19-3)18-10-13-6-5-12(2)14(17)9-13/h4-9,18H,10H2,1-3H3. The highest BCUT2D eigenvalue weighted by atomic mass is 19.1. The minimum absolute atomic E-state index is 0.171. The highest BCUT2D eigenvalue weighted by molar-refractivity contribution is 5.57. The lowest BCUT2D eigenvalue weighted by Gasteiger charge is -2.12. The number of hydrogen-bond acceptors (Lipinski definition) is 2. The van der Waals surface area contributed by atoms with Gasteiger partial charge in [0, 0.05) is 6.54 Å². The second kappa shape index (κ2) is 5.74. The van der Waals surface area contributed by atoms with Crippen LogP contribution >= 0.6 is 0 Å². The number of halogens is 1. The van der Waals surface area contributed by atoms with E-state index in [9.17, 15) is 4.39 Å². The molecule has 3 heteroatoms. The summed E-state index contributed by atoms with van der Waals surface area (Å²) >= 11 is 0. The number of nitrogens with one attached hydrogen (secondary N) is 1. The van der Waals surface area contributed by atoms with E-state index in [1.165, 1.54) is 0 Å². The summed E-state index contributed by atoms with van der Waals surface area (Å²) in [5.41, 5.74) is 3.63. The molecule has 0 amide bonds. The van der Waals surface area contributed by atoms with Gasteiger partial charge in [0.15, 0.2) is 0 Å². The second-order valence-corrected chi connectivity index (χ2v) is 4.64. The molecule has 2 aromatic carbocycles.